The average molecular weight is 889 g/mol. The Labute approximate surface area is 394 Å². The van der Waals surface area contributed by atoms with Gasteiger partial charge in [0.2, 0.25) is 0 Å². The van der Waals surface area contributed by atoms with Crippen LogP contribution in [-0.4, -0.2) is 37.2 Å². The predicted molar refractivity (Wildman–Crippen MR) is 274 cm³/mol. The lowest BCUT2D eigenvalue weighted by molar-refractivity contribution is -0.167. The molecule has 0 spiro atoms. The summed E-state index contributed by atoms with van der Waals surface area (Å²) in [5.74, 6) is -0.928. The van der Waals surface area contributed by atoms with Gasteiger partial charge in [0.25, 0.3) is 0 Å². The van der Waals surface area contributed by atoms with E-state index in [0.29, 0.717) is 19.3 Å². The minimum atomic E-state index is -0.794. The molecule has 0 amide bonds. The molecular weight excluding hydrogens is 793 g/mol. The lowest BCUT2D eigenvalue weighted by Crippen LogP contribution is -2.30. The van der Waals surface area contributed by atoms with Crippen molar-refractivity contribution in [3.63, 3.8) is 0 Å². The van der Waals surface area contributed by atoms with E-state index in [-0.39, 0.29) is 31.1 Å². The van der Waals surface area contributed by atoms with E-state index >= 15 is 0 Å². The molecule has 0 bridgehead atoms. The van der Waals surface area contributed by atoms with Gasteiger partial charge in [0, 0.05) is 19.3 Å². The first-order valence-corrected chi connectivity index (χ1v) is 26.2. The van der Waals surface area contributed by atoms with Crippen LogP contribution in [0.4, 0.5) is 0 Å². The largest absolute Gasteiger partial charge is 0.462 e. The van der Waals surface area contributed by atoms with Gasteiger partial charge < -0.3 is 14.2 Å². The summed E-state index contributed by atoms with van der Waals surface area (Å²) in [6.07, 6.45) is 68.1. The molecule has 0 fully saturated rings. The van der Waals surface area contributed by atoms with Crippen molar-refractivity contribution in [2.24, 2.45) is 0 Å². The molecule has 0 N–H and O–H groups in total. The van der Waals surface area contributed by atoms with Crippen molar-refractivity contribution >= 4 is 17.9 Å². The Morgan fingerprint density at radius 1 is 0.312 bits per heavy atom. The van der Waals surface area contributed by atoms with Crippen LogP contribution in [0.15, 0.2) is 97.2 Å². The van der Waals surface area contributed by atoms with Crippen LogP contribution < -0.4 is 0 Å². The van der Waals surface area contributed by atoms with E-state index in [1.165, 1.54) is 57.8 Å². The van der Waals surface area contributed by atoms with E-state index in [4.69, 9.17) is 14.2 Å². The van der Waals surface area contributed by atoms with Gasteiger partial charge in [0.15, 0.2) is 6.10 Å². The van der Waals surface area contributed by atoms with Gasteiger partial charge in [-0.3, -0.25) is 14.4 Å². The molecule has 0 aromatic carbocycles. The summed E-state index contributed by atoms with van der Waals surface area (Å²) in [5, 5.41) is 0. The van der Waals surface area contributed by atoms with Crippen LogP contribution in [-0.2, 0) is 28.6 Å². The number of unbranched alkanes of at least 4 members (excludes halogenated alkanes) is 19. The van der Waals surface area contributed by atoms with Crippen molar-refractivity contribution in [3.8, 4) is 0 Å². The number of allylic oxidation sites excluding steroid dienone is 16. The lowest BCUT2D eigenvalue weighted by atomic mass is 10.1. The molecule has 0 aliphatic carbocycles. The van der Waals surface area contributed by atoms with E-state index in [1.807, 2.05) is 0 Å². The van der Waals surface area contributed by atoms with E-state index in [2.05, 4.69) is 118 Å². The summed E-state index contributed by atoms with van der Waals surface area (Å²) in [4.78, 5) is 38.0. The van der Waals surface area contributed by atoms with Crippen LogP contribution in [0.3, 0.4) is 0 Å². The van der Waals surface area contributed by atoms with Crippen LogP contribution >= 0.6 is 0 Å². The second-order valence-corrected chi connectivity index (χ2v) is 17.0. The van der Waals surface area contributed by atoms with E-state index < -0.39 is 6.10 Å². The smallest absolute Gasteiger partial charge is 0.306 e. The third-order valence-corrected chi connectivity index (χ3v) is 10.8. The summed E-state index contributed by atoms with van der Waals surface area (Å²) in [7, 11) is 0. The molecule has 1 atom stereocenters. The summed E-state index contributed by atoms with van der Waals surface area (Å²) in [6, 6.07) is 0. The standard InChI is InChI=1S/C58H96O6/c1-4-7-10-13-16-19-22-25-28-30-33-36-39-42-45-48-51-57(60)63-54-55(53-62-56(59)50-47-44-41-38-35-32-27-24-21-18-15-12-9-6-3)64-58(61)52-49-46-43-40-37-34-31-29-26-23-20-17-14-11-8-5-2/h7-12,16-21,25-26,28-29,55H,4-6,13-15,22-24,27,30-54H2,1-3H3/b10-7-,11-8-,12-9-,19-16-,20-17-,21-18-,28-25-,29-26-. The van der Waals surface area contributed by atoms with Crippen molar-refractivity contribution < 1.29 is 28.6 Å². The fourth-order valence-electron chi connectivity index (χ4n) is 6.98. The Morgan fingerprint density at radius 2 is 0.562 bits per heavy atom. The number of esters is 3. The molecule has 6 heteroatoms. The minimum Gasteiger partial charge on any atom is -0.462 e. The second kappa shape index (κ2) is 52.0. The minimum absolute atomic E-state index is 0.0925. The fraction of sp³-hybridized carbons (Fsp3) is 0.672. The Kier molecular flexibility index (Phi) is 49.0. The zero-order valence-electron chi connectivity index (χ0n) is 41.5. The molecular formula is C58H96O6. The molecule has 0 aliphatic heterocycles. The van der Waals surface area contributed by atoms with Gasteiger partial charge in [-0.15, -0.1) is 0 Å². The number of carbonyl (C=O) groups excluding carboxylic acids is 3. The SMILES string of the molecule is CC/C=C\C/C=C\C/C=C\CCCCCCCCC(=O)OCC(COC(=O)CCCCCCCCC/C=C\C/C=C\CC)OC(=O)CCCCCCCC/C=C\C/C=C\C/C=C\CC. The van der Waals surface area contributed by atoms with Crippen molar-refractivity contribution in [2.45, 2.75) is 239 Å². The predicted octanol–water partition coefficient (Wildman–Crippen LogP) is 17.4. The molecule has 6 nitrogen and oxygen atoms in total. The second-order valence-electron chi connectivity index (χ2n) is 17.0. The summed E-state index contributed by atoms with van der Waals surface area (Å²) >= 11 is 0. The molecule has 364 valence electrons. The number of hydrogen-bond acceptors (Lipinski definition) is 6. The highest BCUT2D eigenvalue weighted by molar-refractivity contribution is 5.71. The fourth-order valence-corrected chi connectivity index (χ4v) is 6.98. The molecule has 0 aromatic heterocycles. The van der Waals surface area contributed by atoms with Gasteiger partial charge in [-0.2, -0.15) is 0 Å². The molecule has 0 saturated heterocycles. The normalized spacial score (nSPS) is 12.9. The van der Waals surface area contributed by atoms with Crippen molar-refractivity contribution in [1.29, 1.82) is 0 Å². The number of rotatable bonds is 46. The first kappa shape index (κ1) is 60.3. The third kappa shape index (κ3) is 49.3. The maximum absolute atomic E-state index is 12.8. The molecule has 64 heavy (non-hydrogen) atoms. The molecule has 0 heterocycles. The zero-order valence-corrected chi connectivity index (χ0v) is 41.5. The topological polar surface area (TPSA) is 78.9 Å². The third-order valence-electron chi connectivity index (χ3n) is 10.8. The average Bonchev–Trinajstić information content (AvgIpc) is 3.29. The van der Waals surface area contributed by atoms with E-state index in [0.717, 1.165) is 135 Å². The van der Waals surface area contributed by atoms with E-state index in [9.17, 15) is 14.4 Å². The van der Waals surface area contributed by atoms with Gasteiger partial charge >= 0.3 is 17.9 Å². The highest BCUT2D eigenvalue weighted by Crippen LogP contribution is 2.14. The van der Waals surface area contributed by atoms with E-state index in [1.54, 1.807) is 0 Å². The van der Waals surface area contributed by atoms with Crippen LogP contribution in [0.5, 0.6) is 0 Å². The number of hydrogen-bond donors (Lipinski definition) is 0. The lowest BCUT2D eigenvalue weighted by Gasteiger charge is -2.18. The Balaban J connectivity index is 4.45. The van der Waals surface area contributed by atoms with Crippen molar-refractivity contribution in [1.82, 2.24) is 0 Å². The quantitative estimate of drug-likeness (QED) is 0.0262. The summed E-state index contributed by atoms with van der Waals surface area (Å²) in [6.45, 7) is 6.28. The van der Waals surface area contributed by atoms with Gasteiger partial charge in [-0.1, -0.05) is 201 Å². The van der Waals surface area contributed by atoms with Gasteiger partial charge in [0.05, 0.1) is 0 Å². The molecule has 0 aliphatic rings. The van der Waals surface area contributed by atoms with Crippen LogP contribution in [0.2, 0.25) is 0 Å². The Hall–Kier alpha value is -3.67. The highest BCUT2D eigenvalue weighted by Gasteiger charge is 2.19. The molecule has 0 aromatic rings. The van der Waals surface area contributed by atoms with Gasteiger partial charge in [-0.05, 0) is 109 Å². The maximum Gasteiger partial charge on any atom is 0.306 e. The first-order chi connectivity index (χ1) is 31.5. The zero-order chi connectivity index (χ0) is 46.5. The number of carbonyl (C=O) groups is 3. The Morgan fingerprint density at radius 3 is 0.875 bits per heavy atom. The van der Waals surface area contributed by atoms with Gasteiger partial charge in [-0.25, -0.2) is 0 Å². The van der Waals surface area contributed by atoms with Gasteiger partial charge in [0.1, 0.15) is 13.2 Å². The van der Waals surface area contributed by atoms with Crippen LogP contribution in [0.1, 0.15) is 233 Å². The van der Waals surface area contributed by atoms with Crippen LogP contribution in [0.25, 0.3) is 0 Å². The molecule has 1 unspecified atom stereocenters. The number of ether oxygens (including phenoxy) is 3. The van der Waals surface area contributed by atoms with Crippen molar-refractivity contribution in [3.05, 3.63) is 97.2 Å². The Bertz CT molecular complexity index is 1300. The first-order valence-electron chi connectivity index (χ1n) is 26.2. The molecule has 0 rings (SSSR count). The molecule has 0 radical (unpaired) electrons. The monoisotopic (exact) mass is 889 g/mol. The van der Waals surface area contributed by atoms with Crippen molar-refractivity contribution in [2.75, 3.05) is 13.2 Å². The highest BCUT2D eigenvalue weighted by atomic mass is 16.6. The summed E-state index contributed by atoms with van der Waals surface area (Å²) < 4.78 is 16.8. The van der Waals surface area contributed by atoms with Crippen LogP contribution in [0, 0.1) is 0 Å². The molecule has 0 saturated carbocycles. The summed E-state index contributed by atoms with van der Waals surface area (Å²) in [5.41, 5.74) is 0. The maximum atomic E-state index is 12.8.